The van der Waals surface area contributed by atoms with Gasteiger partial charge in [-0.05, 0) is 13.3 Å². The number of hydrogen-bond donors (Lipinski definition) is 1. The normalized spacial score (nSPS) is 12.3. The van der Waals surface area contributed by atoms with Gasteiger partial charge in [0.2, 0.25) is 0 Å². The van der Waals surface area contributed by atoms with Gasteiger partial charge in [-0.25, -0.2) is 4.79 Å². The number of carbonyl (C=O) groups excluding carboxylic acids is 1. The molecule has 0 aromatic rings. The molecule has 1 N–H and O–H groups in total. The number of carbonyl (C=O) groups is 1. The third kappa shape index (κ3) is 5.66. The Morgan fingerprint density at radius 3 is 2.64 bits per heavy atom. The van der Waals surface area contributed by atoms with E-state index in [0.717, 1.165) is 6.42 Å². The van der Waals surface area contributed by atoms with E-state index in [0.29, 0.717) is 6.61 Å². The van der Waals surface area contributed by atoms with Gasteiger partial charge in [0.05, 0.1) is 7.11 Å². The molecular formula is C7H15NO3. The highest BCUT2D eigenvalue weighted by Gasteiger charge is 2.04. The van der Waals surface area contributed by atoms with Crippen molar-refractivity contribution in [2.75, 3.05) is 20.8 Å². The second-order valence-corrected chi connectivity index (χ2v) is 2.32. The molecule has 1 unspecified atom stereocenters. The lowest BCUT2D eigenvalue weighted by Gasteiger charge is -2.11. The number of methoxy groups -OCH3 is 2. The van der Waals surface area contributed by atoms with Crippen LogP contribution in [0.4, 0.5) is 4.79 Å². The van der Waals surface area contributed by atoms with Gasteiger partial charge >= 0.3 is 6.09 Å². The Labute approximate surface area is 66.9 Å². The largest absolute Gasteiger partial charge is 0.453 e. The summed E-state index contributed by atoms with van der Waals surface area (Å²) in [5, 5.41) is 2.62. The van der Waals surface area contributed by atoms with Crippen molar-refractivity contribution in [2.24, 2.45) is 0 Å². The molecule has 4 nitrogen and oxygen atoms in total. The summed E-state index contributed by atoms with van der Waals surface area (Å²) in [6.45, 7) is 2.54. The maximum absolute atomic E-state index is 10.6. The van der Waals surface area contributed by atoms with Crippen LogP contribution >= 0.6 is 0 Å². The second kappa shape index (κ2) is 5.97. The fourth-order valence-corrected chi connectivity index (χ4v) is 0.627. The number of alkyl carbamates (subject to hydrolysis) is 1. The van der Waals surface area contributed by atoms with Crippen molar-refractivity contribution < 1.29 is 14.3 Å². The highest BCUT2D eigenvalue weighted by Crippen LogP contribution is 1.90. The molecule has 0 aliphatic rings. The monoisotopic (exact) mass is 161 g/mol. The first-order valence-corrected chi connectivity index (χ1v) is 3.54. The smallest absolute Gasteiger partial charge is 0.407 e. The molecule has 4 heteroatoms. The Hall–Kier alpha value is -0.770. The Balaban J connectivity index is 3.35. The van der Waals surface area contributed by atoms with Crippen molar-refractivity contribution in [3.8, 4) is 0 Å². The average molecular weight is 161 g/mol. The molecule has 0 aliphatic carbocycles. The third-order valence-electron chi connectivity index (χ3n) is 1.30. The minimum Gasteiger partial charge on any atom is -0.453 e. The van der Waals surface area contributed by atoms with Gasteiger partial charge < -0.3 is 14.8 Å². The molecule has 11 heavy (non-hydrogen) atoms. The molecule has 0 aromatic carbocycles. The molecule has 0 saturated heterocycles. The van der Waals surface area contributed by atoms with Crippen molar-refractivity contribution in [2.45, 2.75) is 19.4 Å². The summed E-state index contributed by atoms with van der Waals surface area (Å²) in [4.78, 5) is 10.6. The highest BCUT2D eigenvalue weighted by molar-refractivity contribution is 5.67. The van der Waals surface area contributed by atoms with Crippen molar-refractivity contribution in [1.82, 2.24) is 5.32 Å². The third-order valence-corrected chi connectivity index (χ3v) is 1.30. The van der Waals surface area contributed by atoms with Crippen molar-refractivity contribution >= 4 is 6.09 Å². The predicted octanol–water partition coefficient (Wildman–Crippen LogP) is 0.767. The van der Waals surface area contributed by atoms with E-state index < -0.39 is 6.09 Å². The predicted molar refractivity (Wildman–Crippen MR) is 41.5 cm³/mol. The lowest BCUT2D eigenvalue weighted by molar-refractivity contribution is 0.158. The summed E-state index contributed by atoms with van der Waals surface area (Å²) in [6.07, 6.45) is 0.402. The van der Waals surface area contributed by atoms with Gasteiger partial charge in [-0.15, -0.1) is 0 Å². The minimum absolute atomic E-state index is 0.0994. The number of amides is 1. The molecular weight excluding hydrogens is 146 g/mol. The average Bonchev–Trinajstić information content (AvgIpc) is 2.00. The first-order chi connectivity index (χ1) is 5.20. The maximum atomic E-state index is 10.6. The zero-order valence-electron chi connectivity index (χ0n) is 7.22. The molecule has 0 bridgehead atoms. The molecule has 0 radical (unpaired) electrons. The van der Waals surface area contributed by atoms with Gasteiger partial charge in [-0.1, -0.05) is 0 Å². The number of ether oxygens (including phenoxy) is 2. The van der Waals surface area contributed by atoms with E-state index in [-0.39, 0.29) is 6.04 Å². The first kappa shape index (κ1) is 10.2. The van der Waals surface area contributed by atoms with Crippen molar-refractivity contribution in [3.05, 3.63) is 0 Å². The van der Waals surface area contributed by atoms with Crippen molar-refractivity contribution in [1.29, 1.82) is 0 Å². The Bertz CT molecular complexity index is 116. The SMILES string of the molecule is COCCC(C)NC(=O)OC. The minimum atomic E-state index is -0.395. The van der Waals surface area contributed by atoms with Gasteiger partial charge in [0, 0.05) is 19.8 Å². The molecule has 66 valence electrons. The molecule has 0 aliphatic heterocycles. The molecule has 0 saturated carbocycles. The van der Waals surface area contributed by atoms with E-state index in [2.05, 4.69) is 10.1 Å². The van der Waals surface area contributed by atoms with Crippen LogP contribution in [-0.2, 0) is 9.47 Å². The van der Waals surface area contributed by atoms with Crippen LogP contribution in [0.15, 0.2) is 0 Å². The van der Waals surface area contributed by atoms with E-state index in [1.165, 1.54) is 7.11 Å². The molecule has 0 spiro atoms. The Morgan fingerprint density at radius 1 is 1.55 bits per heavy atom. The van der Waals surface area contributed by atoms with Crippen LogP contribution in [0, 0.1) is 0 Å². The zero-order valence-corrected chi connectivity index (χ0v) is 7.22. The molecule has 0 heterocycles. The van der Waals surface area contributed by atoms with Gasteiger partial charge in [-0.2, -0.15) is 0 Å². The summed E-state index contributed by atoms with van der Waals surface area (Å²) in [5.41, 5.74) is 0. The number of hydrogen-bond acceptors (Lipinski definition) is 3. The first-order valence-electron chi connectivity index (χ1n) is 3.54. The summed E-state index contributed by atoms with van der Waals surface area (Å²) in [6, 6.07) is 0.0994. The summed E-state index contributed by atoms with van der Waals surface area (Å²) >= 11 is 0. The topological polar surface area (TPSA) is 47.6 Å². The fraction of sp³-hybridized carbons (Fsp3) is 0.857. The standard InChI is InChI=1S/C7H15NO3/c1-6(4-5-10-2)8-7(9)11-3/h6H,4-5H2,1-3H3,(H,8,9). The van der Waals surface area contributed by atoms with E-state index in [1.807, 2.05) is 6.92 Å². The maximum Gasteiger partial charge on any atom is 0.407 e. The van der Waals surface area contributed by atoms with Crippen LogP contribution in [0.25, 0.3) is 0 Å². The number of nitrogens with one attached hydrogen (secondary N) is 1. The fourth-order valence-electron chi connectivity index (χ4n) is 0.627. The highest BCUT2D eigenvalue weighted by atomic mass is 16.5. The number of rotatable bonds is 4. The van der Waals surface area contributed by atoms with Crippen LogP contribution < -0.4 is 5.32 Å². The molecule has 1 amide bonds. The summed E-state index contributed by atoms with van der Waals surface area (Å²) in [7, 11) is 2.98. The molecule has 1 atom stereocenters. The van der Waals surface area contributed by atoms with Gasteiger partial charge in [0.25, 0.3) is 0 Å². The van der Waals surface area contributed by atoms with Crippen LogP contribution in [0.3, 0.4) is 0 Å². The van der Waals surface area contributed by atoms with Gasteiger partial charge in [0.15, 0.2) is 0 Å². The van der Waals surface area contributed by atoms with Crippen LogP contribution in [0.1, 0.15) is 13.3 Å². The zero-order chi connectivity index (χ0) is 8.69. The van der Waals surface area contributed by atoms with Gasteiger partial charge in [0.1, 0.15) is 0 Å². The van der Waals surface area contributed by atoms with E-state index in [1.54, 1.807) is 7.11 Å². The van der Waals surface area contributed by atoms with Crippen LogP contribution in [0.2, 0.25) is 0 Å². The Morgan fingerprint density at radius 2 is 2.18 bits per heavy atom. The quantitative estimate of drug-likeness (QED) is 0.662. The lowest BCUT2D eigenvalue weighted by atomic mass is 10.2. The Kier molecular flexibility index (Phi) is 5.56. The van der Waals surface area contributed by atoms with E-state index in [9.17, 15) is 4.79 Å². The van der Waals surface area contributed by atoms with Gasteiger partial charge in [-0.3, -0.25) is 0 Å². The molecule has 0 fully saturated rings. The molecule has 0 rings (SSSR count). The van der Waals surface area contributed by atoms with Crippen molar-refractivity contribution in [3.63, 3.8) is 0 Å². The summed E-state index contributed by atoms with van der Waals surface area (Å²) in [5.74, 6) is 0. The molecule has 0 aromatic heterocycles. The van der Waals surface area contributed by atoms with Crippen LogP contribution in [-0.4, -0.2) is 33.0 Å². The second-order valence-electron chi connectivity index (χ2n) is 2.32. The van der Waals surface area contributed by atoms with E-state index in [4.69, 9.17) is 4.74 Å². The van der Waals surface area contributed by atoms with E-state index >= 15 is 0 Å². The van der Waals surface area contributed by atoms with Crippen LogP contribution in [0.5, 0.6) is 0 Å². The lowest BCUT2D eigenvalue weighted by Crippen LogP contribution is -2.33. The summed E-state index contributed by atoms with van der Waals surface area (Å²) < 4.78 is 9.25.